The lowest BCUT2D eigenvalue weighted by atomic mass is 10.2. The highest BCUT2D eigenvalue weighted by Gasteiger charge is 2.16. The van der Waals surface area contributed by atoms with Crippen molar-refractivity contribution in [2.24, 2.45) is 0 Å². The Balaban J connectivity index is 1.70. The fourth-order valence-corrected chi connectivity index (χ4v) is 2.19. The predicted octanol–water partition coefficient (Wildman–Crippen LogP) is 1.04. The van der Waals surface area contributed by atoms with Crippen molar-refractivity contribution in [3.63, 3.8) is 0 Å². The largest absolute Gasteiger partial charge is 0.350 e. The first kappa shape index (κ1) is 14.9. The Kier molecular flexibility index (Phi) is 4.13. The van der Waals surface area contributed by atoms with E-state index in [1.54, 1.807) is 28.1 Å². The molecule has 1 amide bonds. The van der Waals surface area contributed by atoms with Crippen LogP contribution in [0.25, 0.3) is 5.82 Å². The minimum atomic E-state index is -0.379. The lowest BCUT2D eigenvalue weighted by Crippen LogP contribution is -2.31. The third-order valence-electron chi connectivity index (χ3n) is 3.46. The smallest absolute Gasteiger partial charge is 0.244 e. The molecule has 0 fully saturated rings. The summed E-state index contributed by atoms with van der Waals surface area (Å²) in [4.78, 5) is 20.5. The van der Waals surface area contributed by atoms with E-state index in [0.717, 1.165) is 11.1 Å². The van der Waals surface area contributed by atoms with Gasteiger partial charge in [0, 0.05) is 24.5 Å². The molecule has 0 saturated heterocycles. The summed E-state index contributed by atoms with van der Waals surface area (Å²) in [6.07, 6.45) is 8.27. The number of rotatable bonds is 5. The summed E-state index contributed by atoms with van der Waals surface area (Å²) >= 11 is 0. The highest BCUT2D eigenvalue weighted by molar-refractivity contribution is 5.79. The van der Waals surface area contributed by atoms with E-state index in [9.17, 15) is 4.79 Å². The summed E-state index contributed by atoms with van der Waals surface area (Å²) < 4.78 is 3.22. The number of carbonyl (C=O) groups is 1. The van der Waals surface area contributed by atoms with Gasteiger partial charge in [-0.15, -0.1) is 0 Å². The van der Waals surface area contributed by atoms with Crippen LogP contribution in [0.5, 0.6) is 0 Å². The number of nitrogens with zero attached hydrogens (tertiary/aromatic N) is 6. The van der Waals surface area contributed by atoms with Crippen LogP contribution >= 0.6 is 0 Å². The molecule has 0 radical (unpaired) electrons. The van der Waals surface area contributed by atoms with Gasteiger partial charge in [-0.1, -0.05) is 6.07 Å². The summed E-state index contributed by atoms with van der Waals surface area (Å²) in [6.45, 7) is 4.10. The van der Waals surface area contributed by atoms with Crippen LogP contribution in [0.2, 0.25) is 0 Å². The summed E-state index contributed by atoms with van der Waals surface area (Å²) in [5.41, 5.74) is 1.88. The Hall–Kier alpha value is -3.03. The van der Waals surface area contributed by atoms with E-state index < -0.39 is 0 Å². The van der Waals surface area contributed by atoms with Gasteiger partial charge in [-0.2, -0.15) is 10.2 Å². The topological polar surface area (TPSA) is 90.5 Å². The molecule has 0 aliphatic carbocycles. The van der Waals surface area contributed by atoms with Gasteiger partial charge >= 0.3 is 0 Å². The van der Waals surface area contributed by atoms with Gasteiger partial charge in [0.2, 0.25) is 5.91 Å². The summed E-state index contributed by atoms with van der Waals surface area (Å²) in [5, 5.41) is 11.2. The fourth-order valence-electron chi connectivity index (χ4n) is 2.19. The molecule has 8 nitrogen and oxygen atoms in total. The summed E-state index contributed by atoms with van der Waals surface area (Å²) in [6, 6.07) is 3.34. The normalized spacial score (nSPS) is 12.1. The van der Waals surface area contributed by atoms with Gasteiger partial charge in [-0.3, -0.25) is 9.48 Å². The Morgan fingerprint density at radius 2 is 2.26 bits per heavy atom. The zero-order valence-electron chi connectivity index (χ0n) is 12.9. The van der Waals surface area contributed by atoms with E-state index in [1.165, 1.54) is 6.33 Å². The Morgan fingerprint density at radius 3 is 2.96 bits per heavy atom. The first-order chi connectivity index (χ1) is 11.1. The van der Waals surface area contributed by atoms with Crippen LogP contribution < -0.4 is 5.32 Å². The van der Waals surface area contributed by atoms with Gasteiger partial charge in [0.05, 0.1) is 6.20 Å². The highest BCUT2D eigenvalue weighted by atomic mass is 16.2. The molecule has 3 rings (SSSR count). The Labute approximate surface area is 133 Å². The molecule has 3 aromatic rings. The molecule has 23 heavy (non-hydrogen) atoms. The lowest BCUT2D eigenvalue weighted by molar-refractivity contribution is -0.124. The molecule has 3 aromatic heterocycles. The van der Waals surface area contributed by atoms with Crippen molar-refractivity contribution in [2.45, 2.75) is 26.4 Å². The minimum absolute atomic E-state index is 0.110. The Bertz CT molecular complexity index is 794. The lowest BCUT2D eigenvalue weighted by Gasteiger charge is -2.14. The third kappa shape index (κ3) is 3.25. The minimum Gasteiger partial charge on any atom is -0.350 e. The second-order valence-electron chi connectivity index (χ2n) is 5.22. The van der Waals surface area contributed by atoms with Crippen molar-refractivity contribution in [1.82, 2.24) is 34.8 Å². The average molecular weight is 311 g/mol. The second kappa shape index (κ2) is 6.39. The van der Waals surface area contributed by atoms with Crippen LogP contribution in [0.3, 0.4) is 0 Å². The first-order valence-corrected chi connectivity index (χ1v) is 7.22. The molecule has 3 heterocycles. The molecule has 0 bridgehead atoms. The first-order valence-electron chi connectivity index (χ1n) is 7.22. The molecule has 1 atom stereocenters. The van der Waals surface area contributed by atoms with Crippen LogP contribution in [-0.2, 0) is 11.3 Å². The number of carbonyl (C=O) groups excluding carboxylic acids is 1. The molecular formula is C15H17N7O. The quantitative estimate of drug-likeness (QED) is 0.760. The maximum Gasteiger partial charge on any atom is 0.244 e. The number of pyridine rings is 1. The van der Waals surface area contributed by atoms with Gasteiger partial charge < -0.3 is 5.32 Å². The second-order valence-corrected chi connectivity index (χ2v) is 5.22. The maximum atomic E-state index is 12.3. The average Bonchev–Trinajstić information content (AvgIpc) is 3.23. The SMILES string of the molecule is Cc1cnn([C@@H](C)C(=O)NCc2cccnc2-n2cncn2)c1. The molecule has 8 heteroatoms. The van der Waals surface area contributed by atoms with Gasteiger partial charge in [-0.25, -0.2) is 14.6 Å². The van der Waals surface area contributed by atoms with E-state index in [0.29, 0.717) is 12.4 Å². The van der Waals surface area contributed by atoms with Gasteiger partial charge in [-0.05, 0) is 25.5 Å². The number of amides is 1. The third-order valence-corrected chi connectivity index (χ3v) is 3.46. The monoisotopic (exact) mass is 311 g/mol. The van der Waals surface area contributed by atoms with Crippen molar-refractivity contribution in [1.29, 1.82) is 0 Å². The molecule has 0 aliphatic heterocycles. The molecule has 0 spiro atoms. The van der Waals surface area contributed by atoms with Crippen LogP contribution in [0.15, 0.2) is 43.4 Å². The number of aromatic nitrogens is 6. The van der Waals surface area contributed by atoms with Gasteiger partial charge in [0.1, 0.15) is 18.7 Å². The maximum absolute atomic E-state index is 12.3. The van der Waals surface area contributed by atoms with Crippen LogP contribution in [0.4, 0.5) is 0 Å². The van der Waals surface area contributed by atoms with Crippen molar-refractivity contribution in [2.75, 3.05) is 0 Å². The fraction of sp³-hybridized carbons (Fsp3) is 0.267. The standard InChI is InChI=1S/C15H17N7O/c1-11-6-19-21(8-11)12(2)15(23)18-7-13-4-3-5-17-14(13)22-10-16-9-20-22/h3-6,8-10,12H,7H2,1-2H3,(H,18,23)/t12-/m0/s1. The summed E-state index contributed by atoms with van der Waals surface area (Å²) in [5.74, 6) is 0.536. The van der Waals surface area contributed by atoms with Crippen LogP contribution in [-0.4, -0.2) is 35.4 Å². The number of hydrogen-bond acceptors (Lipinski definition) is 5. The molecule has 118 valence electrons. The van der Waals surface area contributed by atoms with E-state index >= 15 is 0 Å². The molecule has 0 aliphatic rings. The summed E-state index contributed by atoms with van der Waals surface area (Å²) in [7, 11) is 0. The number of nitrogens with one attached hydrogen (secondary N) is 1. The molecule has 1 N–H and O–H groups in total. The molecule has 0 unspecified atom stereocenters. The van der Waals surface area contributed by atoms with Crippen LogP contribution in [0.1, 0.15) is 24.1 Å². The molecule has 0 aromatic carbocycles. The van der Waals surface area contributed by atoms with E-state index in [-0.39, 0.29) is 11.9 Å². The van der Waals surface area contributed by atoms with Gasteiger partial charge in [0.15, 0.2) is 5.82 Å². The van der Waals surface area contributed by atoms with Crippen molar-refractivity contribution < 1.29 is 4.79 Å². The molecule has 0 saturated carbocycles. The zero-order valence-corrected chi connectivity index (χ0v) is 12.9. The highest BCUT2D eigenvalue weighted by Crippen LogP contribution is 2.11. The Morgan fingerprint density at radius 1 is 1.39 bits per heavy atom. The zero-order chi connectivity index (χ0) is 16.2. The number of aryl methyl sites for hydroxylation is 1. The van der Waals surface area contributed by atoms with E-state index in [1.807, 2.05) is 32.2 Å². The van der Waals surface area contributed by atoms with Crippen LogP contribution in [0, 0.1) is 6.92 Å². The predicted molar refractivity (Wildman–Crippen MR) is 82.7 cm³/mol. The molecular weight excluding hydrogens is 294 g/mol. The number of hydrogen-bond donors (Lipinski definition) is 1. The van der Waals surface area contributed by atoms with E-state index in [2.05, 4.69) is 25.5 Å². The van der Waals surface area contributed by atoms with Crippen molar-refractivity contribution in [3.8, 4) is 5.82 Å². The van der Waals surface area contributed by atoms with Gasteiger partial charge in [0.25, 0.3) is 0 Å². The van der Waals surface area contributed by atoms with Crippen molar-refractivity contribution in [3.05, 3.63) is 54.5 Å². The van der Waals surface area contributed by atoms with E-state index in [4.69, 9.17) is 0 Å². The van der Waals surface area contributed by atoms with Crippen molar-refractivity contribution >= 4 is 5.91 Å².